The van der Waals surface area contributed by atoms with E-state index in [0.717, 1.165) is 61.1 Å². The summed E-state index contributed by atoms with van der Waals surface area (Å²) >= 11 is 6.25. The molecule has 164 valence electrons. The van der Waals surface area contributed by atoms with Crippen molar-refractivity contribution in [1.82, 2.24) is 25.1 Å². The molecule has 0 atom stereocenters. The molecule has 0 bridgehead atoms. The van der Waals surface area contributed by atoms with Crippen LogP contribution < -0.4 is 5.32 Å². The maximum Gasteiger partial charge on any atom is 0.151 e. The number of benzene rings is 1. The zero-order valence-electron chi connectivity index (χ0n) is 18.0. The summed E-state index contributed by atoms with van der Waals surface area (Å²) in [4.78, 5) is 4.95. The number of halogens is 2. The number of hydrogen-bond donors (Lipinski definition) is 1. The van der Waals surface area contributed by atoms with Crippen LogP contribution in [0.1, 0.15) is 85.9 Å². The van der Waals surface area contributed by atoms with Gasteiger partial charge in [0.05, 0.1) is 12.2 Å². The van der Waals surface area contributed by atoms with Crippen molar-refractivity contribution >= 4 is 24.0 Å². The summed E-state index contributed by atoms with van der Waals surface area (Å²) in [5.41, 5.74) is 4.81. The highest BCUT2D eigenvalue weighted by Crippen LogP contribution is 2.41. The second kappa shape index (κ2) is 9.27. The number of rotatable bonds is 3. The molecule has 1 aromatic carbocycles. The predicted molar refractivity (Wildman–Crippen MR) is 126 cm³/mol. The summed E-state index contributed by atoms with van der Waals surface area (Å²) in [5.74, 6) is 3.52. The average molecular weight is 458 g/mol. The molecule has 0 amide bonds. The van der Waals surface area contributed by atoms with Gasteiger partial charge < -0.3 is 5.32 Å². The predicted octanol–water partition coefficient (Wildman–Crippen LogP) is 5.91. The highest BCUT2D eigenvalue weighted by molar-refractivity contribution is 6.30. The minimum atomic E-state index is 0. The van der Waals surface area contributed by atoms with E-state index in [-0.39, 0.29) is 12.4 Å². The van der Waals surface area contributed by atoms with Gasteiger partial charge in [0.1, 0.15) is 5.82 Å². The van der Waals surface area contributed by atoms with Crippen LogP contribution in [-0.4, -0.2) is 19.7 Å². The first-order valence-electron chi connectivity index (χ1n) is 11.0. The lowest BCUT2D eigenvalue weighted by atomic mass is 9.79. The molecule has 5 nitrogen and oxygen atoms in total. The van der Waals surface area contributed by atoms with Crippen molar-refractivity contribution in [1.29, 1.82) is 0 Å². The van der Waals surface area contributed by atoms with Crippen LogP contribution in [0.2, 0.25) is 5.02 Å². The first kappa shape index (κ1) is 22.3. The minimum Gasteiger partial charge on any atom is -0.306 e. The van der Waals surface area contributed by atoms with Gasteiger partial charge in [0.15, 0.2) is 5.82 Å². The molecule has 2 aromatic heterocycles. The van der Waals surface area contributed by atoms with Gasteiger partial charge in [0.2, 0.25) is 0 Å². The average Bonchev–Trinajstić information content (AvgIpc) is 3.09. The molecule has 3 heterocycles. The van der Waals surface area contributed by atoms with Crippen molar-refractivity contribution in [2.24, 2.45) is 0 Å². The Labute approximate surface area is 195 Å². The Morgan fingerprint density at radius 1 is 1.00 bits per heavy atom. The molecule has 0 unspecified atom stereocenters. The highest BCUT2D eigenvalue weighted by atomic mass is 35.5. The molecule has 0 radical (unpaired) electrons. The maximum absolute atomic E-state index is 6.25. The molecule has 31 heavy (non-hydrogen) atoms. The van der Waals surface area contributed by atoms with Crippen LogP contribution in [-0.2, 0) is 13.1 Å². The van der Waals surface area contributed by atoms with Crippen LogP contribution in [0, 0.1) is 0 Å². The molecule has 5 rings (SSSR count). The zero-order valence-corrected chi connectivity index (χ0v) is 19.6. The van der Waals surface area contributed by atoms with E-state index in [1.54, 1.807) is 0 Å². The fraction of sp³-hybridized carbons (Fsp3) is 0.458. The molecule has 1 aliphatic heterocycles. The molecule has 1 fully saturated rings. The Balaban J connectivity index is 0.00000231. The molecular weight excluding hydrogens is 429 g/mol. The van der Waals surface area contributed by atoms with E-state index in [2.05, 4.69) is 58.2 Å². The van der Waals surface area contributed by atoms with Crippen LogP contribution in [0.15, 0.2) is 36.4 Å². The first-order valence-corrected chi connectivity index (χ1v) is 11.4. The second-order valence-corrected chi connectivity index (χ2v) is 9.31. The van der Waals surface area contributed by atoms with Gasteiger partial charge in [-0.1, -0.05) is 31.5 Å². The lowest BCUT2D eigenvalue weighted by Gasteiger charge is -2.28. The third-order valence-corrected chi connectivity index (χ3v) is 6.77. The molecule has 3 aromatic rings. The van der Waals surface area contributed by atoms with E-state index >= 15 is 0 Å². The lowest BCUT2D eigenvalue weighted by Crippen LogP contribution is -2.17. The van der Waals surface area contributed by atoms with Crippen LogP contribution >= 0.6 is 24.0 Å². The summed E-state index contributed by atoms with van der Waals surface area (Å²) in [5, 5.41) is 13.4. The van der Waals surface area contributed by atoms with Gasteiger partial charge in [-0.2, -0.15) is 0 Å². The van der Waals surface area contributed by atoms with Gasteiger partial charge in [-0.25, -0.2) is 0 Å². The number of hydrogen-bond acceptors (Lipinski definition) is 4. The van der Waals surface area contributed by atoms with E-state index in [0.29, 0.717) is 17.8 Å². The number of nitrogens with one attached hydrogen (secondary N) is 1. The van der Waals surface area contributed by atoms with Crippen molar-refractivity contribution in [3.63, 3.8) is 0 Å². The van der Waals surface area contributed by atoms with E-state index in [1.807, 2.05) is 12.1 Å². The third-order valence-electron chi connectivity index (χ3n) is 6.53. The Morgan fingerprint density at radius 3 is 2.55 bits per heavy atom. The van der Waals surface area contributed by atoms with Gasteiger partial charge in [-0.05, 0) is 67.5 Å². The van der Waals surface area contributed by atoms with Gasteiger partial charge in [0.25, 0.3) is 0 Å². The smallest absolute Gasteiger partial charge is 0.151 e. The quantitative estimate of drug-likeness (QED) is 0.531. The monoisotopic (exact) mass is 457 g/mol. The molecule has 7 heteroatoms. The zero-order chi connectivity index (χ0) is 20.7. The number of pyridine rings is 1. The summed E-state index contributed by atoms with van der Waals surface area (Å²) in [6.07, 6.45) is 4.53. The summed E-state index contributed by atoms with van der Waals surface area (Å²) in [6.45, 7) is 5.93. The van der Waals surface area contributed by atoms with Crippen molar-refractivity contribution in [2.45, 2.75) is 70.4 Å². The van der Waals surface area contributed by atoms with Crippen LogP contribution in [0.3, 0.4) is 0 Å². The Hall–Kier alpha value is -1.95. The molecule has 0 spiro atoms. The number of aromatic nitrogens is 4. The Bertz CT molecular complexity index is 1050. The topological polar surface area (TPSA) is 55.6 Å². The molecular formula is C24H29Cl2N5. The summed E-state index contributed by atoms with van der Waals surface area (Å²) in [6, 6.07) is 12.6. The van der Waals surface area contributed by atoms with Crippen molar-refractivity contribution in [2.75, 3.05) is 0 Å². The van der Waals surface area contributed by atoms with Crippen LogP contribution in [0.5, 0.6) is 0 Å². The van der Waals surface area contributed by atoms with Crippen molar-refractivity contribution in [3.05, 3.63) is 70.0 Å². The second-order valence-electron chi connectivity index (χ2n) is 8.88. The summed E-state index contributed by atoms with van der Waals surface area (Å²) in [7, 11) is 0. The highest BCUT2D eigenvalue weighted by Gasteiger charge is 2.30. The largest absolute Gasteiger partial charge is 0.306 e. The standard InChI is InChI=1S/C24H28ClN5.ClH/c1-15(2)20-4-3-5-21(27-20)16-6-8-17(9-7-16)24-29-28-23-14-26-13-18-12-19(25)10-11-22(18)30(23)24;/h3-5,10-12,15-17,26H,6-9,13-14H2,1-2H3;1H/t16-,17-;. The lowest BCUT2D eigenvalue weighted by molar-refractivity contribution is 0.377. The van der Waals surface area contributed by atoms with Crippen LogP contribution in [0.25, 0.3) is 5.69 Å². The maximum atomic E-state index is 6.25. The van der Waals surface area contributed by atoms with Crippen molar-refractivity contribution < 1.29 is 0 Å². The van der Waals surface area contributed by atoms with Gasteiger partial charge in [-0.15, -0.1) is 22.6 Å². The molecule has 1 aliphatic carbocycles. The number of fused-ring (bicyclic) bond motifs is 3. The normalized spacial score (nSPS) is 20.5. The molecule has 2 aliphatic rings. The molecule has 1 N–H and O–H groups in total. The van der Waals surface area contributed by atoms with Gasteiger partial charge >= 0.3 is 0 Å². The number of nitrogens with zero attached hydrogens (tertiary/aromatic N) is 4. The SMILES string of the molecule is CC(C)c1cccc([C@H]2CC[C@H](c3nnc4n3-c3ccc(Cl)cc3CNC4)CC2)n1.Cl. The fourth-order valence-corrected chi connectivity index (χ4v) is 5.05. The first-order chi connectivity index (χ1) is 14.6. The van der Waals surface area contributed by atoms with E-state index in [4.69, 9.17) is 16.6 Å². The third kappa shape index (κ3) is 4.36. The minimum absolute atomic E-state index is 0. The van der Waals surface area contributed by atoms with Crippen LogP contribution in [0.4, 0.5) is 0 Å². The Morgan fingerprint density at radius 2 is 1.77 bits per heavy atom. The fourth-order valence-electron chi connectivity index (χ4n) is 4.86. The van der Waals surface area contributed by atoms with Crippen molar-refractivity contribution in [3.8, 4) is 5.69 Å². The van der Waals surface area contributed by atoms with E-state index < -0.39 is 0 Å². The summed E-state index contributed by atoms with van der Waals surface area (Å²) < 4.78 is 2.27. The van der Waals surface area contributed by atoms with E-state index in [9.17, 15) is 0 Å². The van der Waals surface area contributed by atoms with Gasteiger partial charge in [-0.3, -0.25) is 9.55 Å². The van der Waals surface area contributed by atoms with E-state index in [1.165, 1.54) is 17.0 Å². The van der Waals surface area contributed by atoms with Gasteiger partial charge in [0, 0.05) is 34.8 Å². The molecule has 0 saturated heterocycles. The molecule has 1 saturated carbocycles. The Kier molecular flexibility index (Phi) is 6.65.